The van der Waals surface area contributed by atoms with E-state index in [9.17, 15) is 9.18 Å². The highest BCUT2D eigenvalue weighted by molar-refractivity contribution is 9.10. The van der Waals surface area contributed by atoms with Crippen LogP contribution in [0.3, 0.4) is 0 Å². The van der Waals surface area contributed by atoms with E-state index in [0.29, 0.717) is 10.2 Å². The fraction of sp³-hybridized carbons (Fsp3) is 0.133. The van der Waals surface area contributed by atoms with Gasteiger partial charge >= 0.3 is 0 Å². The third-order valence-corrected chi connectivity index (χ3v) is 3.48. The lowest BCUT2D eigenvalue weighted by atomic mass is 10.1. The summed E-state index contributed by atoms with van der Waals surface area (Å²) in [6.07, 6.45) is 0. The van der Waals surface area contributed by atoms with Gasteiger partial charge in [-0.2, -0.15) is 0 Å². The number of carbonyl (C=O) groups is 1. The smallest absolute Gasteiger partial charge is 0.254 e. The number of carbonyl (C=O) groups excluding carboxylic acids is 1. The molecule has 5 heteroatoms. The van der Waals surface area contributed by atoms with E-state index < -0.39 is 11.7 Å². The highest BCUT2D eigenvalue weighted by Crippen LogP contribution is 2.21. The van der Waals surface area contributed by atoms with E-state index >= 15 is 0 Å². The number of nitrogen functional groups attached to an aromatic ring is 1. The Balaban J connectivity index is 2.20. The first-order valence-corrected chi connectivity index (χ1v) is 6.88. The standard InChI is InChI=1S/C15H14BrFN2O/c1-9(11-4-2-3-5-14(11)18)19-15(20)12-8-10(16)6-7-13(12)17/h2-9H,18H2,1H3,(H,19,20). The van der Waals surface area contributed by atoms with Gasteiger partial charge in [0.05, 0.1) is 11.6 Å². The van der Waals surface area contributed by atoms with Crippen LogP contribution < -0.4 is 11.1 Å². The second-order valence-corrected chi connectivity index (χ2v) is 5.36. The Kier molecular flexibility index (Phi) is 4.39. The van der Waals surface area contributed by atoms with Gasteiger partial charge in [-0.3, -0.25) is 4.79 Å². The molecule has 0 aliphatic heterocycles. The first-order valence-electron chi connectivity index (χ1n) is 6.09. The van der Waals surface area contributed by atoms with E-state index in [1.807, 2.05) is 18.2 Å². The summed E-state index contributed by atoms with van der Waals surface area (Å²) >= 11 is 3.22. The zero-order chi connectivity index (χ0) is 14.7. The van der Waals surface area contributed by atoms with E-state index in [2.05, 4.69) is 21.2 Å². The van der Waals surface area contributed by atoms with Gasteiger partial charge in [0.2, 0.25) is 0 Å². The van der Waals surface area contributed by atoms with Crippen molar-refractivity contribution in [1.29, 1.82) is 0 Å². The van der Waals surface area contributed by atoms with Gasteiger partial charge in [-0.1, -0.05) is 34.1 Å². The highest BCUT2D eigenvalue weighted by atomic mass is 79.9. The van der Waals surface area contributed by atoms with Crippen LogP contribution in [0.4, 0.5) is 10.1 Å². The molecule has 0 spiro atoms. The lowest BCUT2D eigenvalue weighted by Crippen LogP contribution is -2.28. The number of para-hydroxylation sites is 1. The van der Waals surface area contributed by atoms with E-state index in [-0.39, 0.29) is 11.6 Å². The Morgan fingerprint density at radius 2 is 2.00 bits per heavy atom. The maximum absolute atomic E-state index is 13.6. The second-order valence-electron chi connectivity index (χ2n) is 4.45. The molecule has 2 aromatic carbocycles. The lowest BCUT2D eigenvalue weighted by molar-refractivity contribution is 0.0936. The molecular weight excluding hydrogens is 323 g/mol. The molecule has 0 aliphatic rings. The Bertz CT molecular complexity index is 646. The molecule has 2 aromatic rings. The SMILES string of the molecule is CC(NC(=O)c1cc(Br)ccc1F)c1ccccc1N. The van der Waals surface area contributed by atoms with Crippen LogP contribution in [0.15, 0.2) is 46.9 Å². The predicted octanol–water partition coefficient (Wildman–Crippen LogP) is 3.66. The van der Waals surface area contributed by atoms with Crippen molar-refractivity contribution in [2.75, 3.05) is 5.73 Å². The fourth-order valence-corrected chi connectivity index (χ4v) is 2.29. The third-order valence-electron chi connectivity index (χ3n) is 2.98. The maximum Gasteiger partial charge on any atom is 0.254 e. The molecule has 0 saturated heterocycles. The molecule has 104 valence electrons. The van der Waals surface area contributed by atoms with Crippen LogP contribution in [0.2, 0.25) is 0 Å². The quantitative estimate of drug-likeness (QED) is 0.840. The van der Waals surface area contributed by atoms with Crippen molar-refractivity contribution in [2.24, 2.45) is 0 Å². The Morgan fingerprint density at radius 3 is 2.70 bits per heavy atom. The first-order chi connectivity index (χ1) is 9.49. The number of benzene rings is 2. The number of nitrogens with one attached hydrogen (secondary N) is 1. The molecule has 0 bridgehead atoms. The highest BCUT2D eigenvalue weighted by Gasteiger charge is 2.16. The summed E-state index contributed by atoms with van der Waals surface area (Å²) in [6.45, 7) is 1.81. The molecular formula is C15H14BrFN2O. The van der Waals surface area contributed by atoms with Crippen LogP contribution in [-0.4, -0.2) is 5.91 Å². The monoisotopic (exact) mass is 336 g/mol. The summed E-state index contributed by atoms with van der Waals surface area (Å²) in [4.78, 5) is 12.1. The van der Waals surface area contributed by atoms with Crippen LogP contribution in [0.1, 0.15) is 28.9 Å². The van der Waals surface area contributed by atoms with Gasteiger partial charge in [0.25, 0.3) is 5.91 Å². The molecule has 3 nitrogen and oxygen atoms in total. The second kappa shape index (κ2) is 6.05. The molecule has 0 aliphatic carbocycles. The van der Waals surface area contributed by atoms with Crippen molar-refractivity contribution in [1.82, 2.24) is 5.32 Å². The summed E-state index contributed by atoms with van der Waals surface area (Å²) in [5.74, 6) is -1.03. The van der Waals surface area contributed by atoms with Crippen molar-refractivity contribution in [3.63, 3.8) is 0 Å². The number of rotatable bonds is 3. The molecule has 2 rings (SSSR count). The molecule has 0 aromatic heterocycles. The van der Waals surface area contributed by atoms with Crippen molar-refractivity contribution < 1.29 is 9.18 Å². The number of hydrogen-bond donors (Lipinski definition) is 2. The average Bonchev–Trinajstić information content (AvgIpc) is 2.41. The molecule has 1 atom stereocenters. The normalized spacial score (nSPS) is 11.9. The van der Waals surface area contributed by atoms with Crippen molar-refractivity contribution in [3.8, 4) is 0 Å². The largest absolute Gasteiger partial charge is 0.398 e. The van der Waals surface area contributed by atoms with E-state index in [4.69, 9.17) is 5.73 Å². The number of nitrogens with two attached hydrogens (primary N) is 1. The van der Waals surface area contributed by atoms with Gasteiger partial charge in [0.1, 0.15) is 5.82 Å². The predicted molar refractivity (Wildman–Crippen MR) is 80.8 cm³/mol. The zero-order valence-electron chi connectivity index (χ0n) is 10.9. The van der Waals surface area contributed by atoms with Crippen molar-refractivity contribution >= 4 is 27.5 Å². The van der Waals surface area contributed by atoms with Crippen LogP contribution in [-0.2, 0) is 0 Å². The topological polar surface area (TPSA) is 55.1 Å². The van der Waals surface area contributed by atoms with Gasteiger partial charge in [0.15, 0.2) is 0 Å². The van der Waals surface area contributed by atoms with Gasteiger partial charge in [-0.05, 0) is 36.8 Å². The molecule has 1 amide bonds. The molecule has 3 N–H and O–H groups in total. The first kappa shape index (κ1) is 14.5. The van der Waals surface area contributed by atoms with Gasteiger partial charge in [-0.15, -0.1) is 0 Å². The maximum atomic E-state index is 13.6. The van der Waals surface area contributed by atoms with Crippen LogP contribution in [0, 0.1) is 5.82 Å². The fourth-order valence-electron chi connectivity index (χ4n) is 1.93. The summed E-state index contributed by atoms with van der Waals surface area (Å²) in [5.41, 5.74) is 7.25. The van der Waals surface area contributed by atoms with Gasteiger partial charge < -0.3 is 11.1 Å². The van der Waals surface area contributed by atoms with Crippen molar-refractivity contribution in [2.45, 2.75) is 13.0 Å². The van der Waals surface area contributed by atoms with E-state index in [1.165, 1.54) is 12.1 Å². The minimum absolute atomic E-state index is 0.000674. The van der Waals surface area contributed by atoms with Gasteiger partial charge in [-0.25, -0.2) is 4.39 Å². The number of hydrogen-bond acceptors (Lipinski definition) is 2. The summed E-state index contributed by atoms with van der Waals surface area (Å²) in [6, 6.07) is 11.2. The van der Waals surface area contributed by atoms with Crippen LogP contribution in [0.5, 0.6) is 0 Å². The van der Waals surface area contributed by atoms with E-state index in [1.54, 1.807) is 19.1 Å². The molecule has 20 heavy (non-hydrogen) atoms. The average molecular weight is 337 g/mol. The third kappa shape index (κ3) is 3.17. The van der Waals surface area contributed by atoms with Crippen LogP contribution >= 0.6 is 15.9 Å². The Hall–Kier alpha value is -1.88. The molecule has 1 unspecified atom stereocenters. The number of anilines is 1. The summed E-state index contributed by atoms with van der Waals surface area (Å²) in [5, 5.41) is 2.74. The molecule has 0 saturated carbocycles. The minimum Gasteiger partial charge on any atom is -0.398 e. The number of amides is 1. The Morgan fingerprint density at radius 1 is 1.30 bits per heavy atom. The van der Waals surface area contributed by atoms with Crippen molar-refractivity contribution in [3.05, 3.63) is 63.9 Å². The van der Waals surface area contributed by atoms with E-state index in [0.717, 1.165) is 5.56 Å². The molecule has 0 fully saturated rings. The van der Waals surface area contributed by atoms with Gasteiger partial charge in [0, 0.05) is 10.2 Å². The zero-order valence-corrected chi connectivity index (χ0v) is 12.4. The lowest BCUT2D eigenvalue weighted by Gasteiger charge is -2.16. The number of halogens is 2. The molecule has 0 radical (unpaired) electrons. The summed E-state index contributed by atoms with van der Waals surface area (Å²) in [7, 11) is 0. The van der Waals surface area contributed by atoms with Crippen LogP contribution in [0.25, 0.3) is 0 Å². The minimum atomic E-state index is -0.557. The Labute approximate surface area is 125 Å². The molecule has 0 heterocycles. The summed E-state index contributed by atoms with van der Waals surface area (Å²) < 4.78 is 14.3.